The minimum absolute atomic E-state index is 0.199. The average Bonchev–Trinajstić information content (AvgIpc) is 2.50. The van der Waals surface area contributed by atoms with Gasteiger partial charge in [-0.15, -0.1) is 0 Å². The summed E-state index contributed by atoms with van der Waals surface area (Å²) in [5, 5.41) is 0. The molecule has 0 radical (unpaired) electrons. The molecule has 1 atom stereocenters. The van der Waals surface area contributed by atoms with Gasteiger partial charge in [-0.1, -0.05) is 36.4 Å². The first kappa shape index (κ1) is 16.2. The Morgan fingerprint density at radius 1 is 1.18 bits per heavy atom. The molecule has 0 aliphatic heterocycles. The molecule has 3 heteroatoms. The van der Waals surface area contributed by atoms with Gasteiger partial charge >= 0.3 is 5.97 Å². The molecule has 0 fully saturated rings. The van der Waals surface area contributed by atoms with Gasteiger partial charge in [0.1, 0.15) is 0 Å². The van der Waals surface area contributed by atoms with E-state index in [-0.39, 0.29) is 18.4 Å². The van der Waals surface area contributed by atoms with Crippen LogP contribution >= 0.6 is 0 Å². The lowest BCUT2D eigenvalue weighted by atomic mass is 9.94. The number of aryl methyl sites for hydroxylation is 1. The van der Waals surface area contributed by atoms with Gasteiger partial charge in [-0.3, -0.25) is 4.79 Å². The van der Waals surface area contributed by atoms with E-state index in [1.54, 1.807) is 6.92 Å². The fourth-order valence-corrected chi connectivity index (χ4v) is 2.52. The lowest BCUT2D eigenvalue weighted by Gasteiger charge is -2.14. The number of benzene rings is 2. The first-order valence-corrected chi connectivity index (χ1v) is 7.60. The molecule has 2 aromatic carbocycles. The van der Waals surface area contributed by atoms with Gasteiger partial charge in [0.05, 0.1) is 13.0 Å². The second-order valence-corrected chi connectivity index (χ2v) is 5.49. The number of ether oxygens (including phenoxy) is 1. The second-order valence-electron chi connectivity index (χ2n) is 5.49. The summed E-state index contributed by atoms with van der Waals surface area (Å²) in [5.74, 6) is -0.257. The van der Waals surface area contributed by atoms with Crippen molar-refractivity contribution >= 4 is 5.97 Å². The molecular weight excluding hydrogens is 274 g/mol. The predicted molar refractivity (Wildman–Crippen MR) is 89.5 cm³/mol. The molecule has 0 amide bonds. The maximum absolute atomic E-state index is 11.6. The first-order valence-electron chi connectivity index (χ1n) is 7.60. The van der Waals surface area contributed by atoms with Crippen LogP contribution in [0.4, 0.5) is 0 Å². The molecule has 0 spiro atoms. The van der Waals surface area contributed by atoms with Gasteiger partial charge in [0.2, 0.25) is 0 Å². The molecule has 0 aromatic heterocycles. The highest BCUT2D eigenvalue weighted by molar-refractivity contribution is 5.72. The second kappa shape index (κ2) is 7.23. The summed E-state index contributed by atoms with van der Waals surface area (Å²) in [6, 6.07) is 14.0. The van der Waals surface area contributed by atoms with Crippen LogP contribution in [0, 0.1) is 13.8 Å². The van der Waals surface area contributed by atoms with Crippen LogP contribution < -0.4 is 5.73 Å². The number of carbonyl (C=O) groups is 1. The Bertz CT molecular complexity index is 664. The summed E-state index contributed by atoms with van der Waals surface area (Å²) in [6.07, 6.45) is 0.199. The van der Waals surface area contributed by atoms with E-state index in [9.17, 15) is 4.79 Å². The molecule has 3 nitrogen and oxygen atoms in total. The highest BCUT2D eigenvalue weighted by Crippen LogP contribution is 2.28. The predicted octanol–water partition coefficient (Wildman–Crippen LogP) is 3.92. The van der Waals surface area contributed by atoms with Gasteiger partial charge in [0, 0.05) is 6.04 Å². The highest BCUT2D eigenvalue weighted by Gasteiger charge is 2.13. The van der Waals surface area contributed by atoms with Crippen molar-refractivity contribution in [3.63, 3.8) is 0 Å². The Labute approximate surface area is 132 Å². The van der Waals surface area contributed by atoms with Crippen molar-refractivity contribution in [2.24, 2.45) is 5.73 Å². The van der Waals surface area contributed by atoms with E-state index in [1.165, 1.54) is 16.7 Å². The molecule has 2 rings (SSSR count). The number of esters is 1. The Hall–Kier alpha value is -2.13. The van der Waals surface area contributed by atoms with Crippen LogP contribution in [0.3, 0.4) is 0 Å². The molecule has 0 aliphatic carbocycles. The fraction of sp³-hybridized carbons (Fsp3) is 0.316. The number of rotatable bonds is 5. The molecule has 0 unspecified atom stereocenters. The molecular formula is C19H23NO2. The van der Waals surface area contributed by atoms with Crippen molar-refractivity contribution in [1.29, 1.82) is 0 Å². The third kappa shape index (κ3) is 3.74. The molecule has 2 aromatic rings. The van der Waals surface area contributed by atoms with E-state index >= 15 is 0 Å². The van der Waals surface area contributed by atoms with Crippen molar-refractivity contribution in [2.75, 3.05) is 6.61 Å². The molecule has 2 N–H and O–H groups in total. The lowest BCUT2D eigenvalue weighted by Crippen LogP contribution is -2.17. The molecule has 0 bridgehead atoms. The zero-order chi connectivity index (χ0) is 16.1. The fourth-order valence-electron chi connectivity index (χ4n) is 2.52. The van der Waals surface area contributed by atoms with Crippen LogP contribution in [-0.2, 0) is 9.53 Å². The van der Waals surface area contributed by atoms with Crippen LogP contribution in [0.25, 0.3) is 11.1 Å². The van der Waals surface area contributed by atoms with Crippen LogP contribution in [0.15, 0.2) is 42.5 Å². The topological polar surface area (TPSA) is 52.3 Å². The summed E-state index contributed by atoms with van der Waals surface area (Å²) in [5.41, 5.74) is 11.9. The summed E-state index contributed by atoms with van der Waals surface area (Å²) < 4.78 is 4.96. The summed E-state index contributed by atoms with van der Waals surface area (Å²) in [7, 11) is 0. The van der Waals surface area contributed by atoms with Crippen molar-refractivity contribution in [1.82, 2.24) is 0 Å². The van der Waals surface area contributed by atoms with E-state index < -0.39 is 0 Å². The zero-order valence-electron chi connectivity index (χ0n) is 13.4. The minimum Gasteiger partial charge on any atom is -0.466 e. The van der Waals surface area contributed by atoms with Crippen molar-refractivity contribution < 1.29 is 9.53 Å². The molecule has 0 aliphatic rings. The van der Waals surface area contributed by atoms with E-state index in [0.29, 0.717) is 6.61 Å². The maximum atomic E-state index is 11.6. The number of nitrogens with two attached hydrogens (primary N) is 1. The monoisotopic (exact) mass is 297 g/mol. The van der Waals surface area contributed by atoms with E-state index in [1.807, 2.05) is 12.1 Å². The van der Waals surface area contributed by atoms with Crippen LogP contribution in [-0.4, -0.2) is 12.6 Å². The van der Waals surface area contributed by atoms with Crippen molar-refractivity contribution in [3.8, 4) is 11.1 Å². The quantitative estimate of drug-likeness (QED) is 0.851. The Balaban J connectivity index is 2.26. The third-order valence-electron chi connectivity index (χ3n) is 3.92. The lowest BCUT2D eigenvalue weighted by molar-refractivity contribution is -0.143. The maximum Gasteiger partial charge on any atom is 0.307 e. The highest BCUT2D eigenvalue weighted by atomic mass is 16.5. The number of carbonyl (C=O) groups excluding carboxylic acids is 1. The Morgan fingerprint density at radius 3 is 2.64 bits per heavy atom. The first-order chi connectivity index (χ1) is 10.5. The van der Waals surface area contributed by atoms with Gasteiger partial charge in [-0.25, -0.2) is 0 Å². The van der Waals surface area contributed by atoms with Crippen molar-refractivity contribution in [2.45, 2.75) is 33.2 Å². The molecule has 0 heterocycles. The molecule has 116 valence electrons. The van der Waals surface area contributed by atoms with Crippen molar-refractivity contribution in [3.05, 3.63) is 59.2 Å². The van der Waals surface area contributed by atoms with Crippen LogP contribution in [0.1, 0.15) is 36.1 Å². The Morgan fingerprint density at radius 2 is 1.91 bits per heavy atom. The summed E-state index contributed by atoms with van der Waals surface area (Å²) in [6.45, 7) is 6.41. The van der Waals surface area contributed by atoms with Gasteiger partial charge in [0.25, 0.3) is 0 Å². The van der Waals surface area contributed by atoms with E-state index in [0.717, 1.165) is 11.1 Å². The standard InChI is InChI=1S/C19H23NO2/c1-4-22-19(21)12-18(20)16-9-6-8-15(11-16)17-10-5-7-13(2)14(17)3/h5-11,18H,4,12,20H2,1-3H3/t18-/m0/s1. The van der Waals surface area contributed by atoms with E-state index in [2.05, 4.69) is 44.2 Å². The molecule has 0 saturated heterocycles. The van der Waals surface area contributed by atoms with Crippen LogP contribution in [0.5, 0.6) is 0 Å². The third-order valence-corrected chi connectivity index (χ3v) is 3.92. The molecule has 22 heavy (non-hydrogen) atoms. The van der Waals surface area contributed by atoms with Gasteiger partial charge in [-0.05, 0) is 54.7 Å². The SMILES string of the molecule is CCOC(=O)C[C@H](N)c1cccc(-c2cccc(C)c2C)c1. The summed E-state index contributed by atoms with van der Waals surface area (Å²) in [4.78, 5) is 11.6. The summed E-state index contributed by atoms with van der Waals surface area (Å²) >= 11 is 0. The van der Waals surface area contributed by atoms with Gasteiger partial charge < -0.3 is 10.5 Å². The van der Waals surface area contributed by atoms with Gasteiger partial charge in [0.15, 0.2) is 0 Å². The smallest absolute Gasteiger partial charge is 0.307 e. The Kier molecular flexibility index (Phi) is 5.34. The zero-order valence-corrected chi connectivity index (χ0v) is 13.4. The van der Waals surface area contributed by atoms with Crippen LogP contribution in [0.2, 0.25) is 0 Å². The molecule has 0 saturated carbocycles. The number of hydrogen-bond acceptors (Lipinski definition) is 3. The largest absolute Gasteiger partial charge is 0.466 e. The number of hydrogen-bond donors (Lipinski definition) is 1. The average molecular weight is 297 g/mol. The van der Waals surface area contributed by atoms with E-state index in [4.69, 9.17) is 10.5 Å². The minimum atomic E-state index is -0.343. The normalized spacial score (nSPS) is 12.0. The van der Waals surface area contributed by atoms with Gasteiger partial charge in [-0.2, -0.15) is 0 Å².